The number of hydrogen-bond donors (Lipinski definition) is 1. The van der Waals surface area contributed by atoms with E-state index in [1.54, 1.807) is 12.1 Å². The van der Waals surface area contributed by atoms with E-state index in [0.717, 1.165) is 43.2 Å². The molecule has 3 rings (SSSR count). The maximum absolute atomic E-state index is 12.1. The van der Waals surface area contributed by atoms with Gasteiger partial charge in [0.1, 0.15) is 5.75 Å². The van der Waals surface area contributed by atoms with Gasteiger partial charge in [0.25, 0.3) is 5.91 Å². The van der Waals surface area contributed by atoms with Crippen LogP contribution in [-0.2, 0) is 9.53 Å². The van der Waals surface area contributed by atoms with Gasteiger partial charge in [0, 0.05) is 29.5 Å². The summed E-state index contributed by atoms with van der Waals surface area (Å²) < 4.78 is 10.9. The average molecular weight is 395 g/mol. The third kappa shape index (κ3) is 4.81. The van der Waals surface area contributed by atoms with Crippen molar-refractivity contribution in [3.05, 3.63) is 52.0 Å². The van der Waals surface area contributed by atoms with Gasteiger partial charge < -0.3 is 19.7 Å². The number of carbonyl (C=O) groups is 1. The van der Waals surface area contributed by atoms with Gasteiger partial charge in [-0.05, 0) is 48.9 Å². The minimum Gasteiger partial charge on any atom is -0.482 e. The molecule has 2 aromatic rings. The van der Waals surface area contributed by atoms with Crippen molar-refractivity contribution in [2.45, 2.75) is 6.92 Å². The second-order valence-corrected chi connectivity index (χ2v) is 6.86. The van der Waals surface area contributed by atoms with Gasteiger partial charge in [0.05, 0.1) is 18.2 Å². The Balaban J connectivity index is 1.55. The predicted molar refractivity (Wildman–Crippen MR) is 105 cm³/mol. The molecule has 0 atom stereocenters. The van der Waals surface area contributed by atoms with Crippen molar-refractivity contribution in [1.29, 1.82) is 0 Å². The van der Waals surface area contributed by atoms with Gasteiger partial charge in [-0.1, -0.05) is 23.2 Å². The molecule has 1 saturated heterocycles. The molecular formula is C19H20Cl2N2O3. The zero-order valence-corrected chi connectivity index (χ0v) is 15.9. The minimum absolute atomic E-state index is 0.132. The number of carbonyl (C=O) groups excluding carboxylic acids is 1. The van der Waals surface area contributed by atoms with Gasteiger partial charge >= 0.3 is 0 Å². The molecule has 0 spiro atoms. The molecule has 1 amide bonds. The number of aryl methyl sites for hydroxylation is 1. The topological polar surface area (TPSA) is 50.8 Å². The number of morpholine rings is 1. The molecule has 1 aliphatic rings. The van der Waals surface area contributed by atoms with Gasteiger partial charge in [-0.15, -0.1) is 0 Å². The molecule has 138 valence electrons. The third-order valence-electron chi connectivity index (χ3n) is 4.07. The summed E-state index contributed by atoms with van der Waals surface area (Å²) in [7, 11) is 0. The van der Waals surface area contributed by atoms with E-state index >= 15 is 0 Å². The third-order valence-corrected chi connectivity index (χ3v) is 4.57. The quantitative estimate of drug-likeness (QED) is 0.826. The summed E-state index contributed by atoms with van der Waals surface area (Å²) in [6.07, 6.45) is 0. The summed E-state index contributed by atoms with van der Waals surface area (Å²) in [4.78, 5) is 14.4. The van der Waals surface area contributed by atoms with Crippen molar-refractivity contribution in [1.82, 2.24) is 0 Å². The van der Waals surface area contributed by atoms with Crippen LogP contribution in [0.2, 0.25) is 10.0 Å². The Morgan fingerprint density at radius 3 is 2.54 bits per heavy atom. The van der Waals surface area contributed by atoms with Crippen LogP contribution in [0.15, 0.2) is 36.4 Å². The molecule has 26 heavy (non-hydrogen) atoms. The van der Waals surface area contributed by atoms with Gasteiger partial charge in [-0.25, -0.2) is 0 Å². The van der Waals surface area contributed by atoms with Crippen LogP contribution in [0.1, 0.15) is 5.56 Å². The van der Waals surface area contributed by atoms with E-state index in [1.807, 2.05) is 31.2 Å². The Labute approximate surface area is 162 Å². The van der Waals surface area contributed by atoms with Crippen LogP contribution >= 0.6 is 23.2 Å². The van der Waals surface area contributed by atoms with E-state index in [-0.39, 0.29) is 12.5 Å². The van der Waals surface area contributed by atoms with E-state index in [0.29, 0.717) is 15.8 Å². The van der Waals surface area contributed by atoms with Crippen LogP contribution in [0, 0.1) is 6.92 Å². The molecular weight excluding hydrogens is 375 g/mol. The number of benzene rings is 2. The maximum atomic E-state index is 12.1. The number of nitrogens with one attached hydrogen (secondary N) is 1. The molecule has 0 radical (unpaired) electrons. The minimum atomic E-state index is -0.255. The summed E-state index contributed by atoms with van der Waals surface area (Å²) >= 11 is 12.0. The monoisotopic (exact) mass is 394 g/mol. The molecule has 0 unspecified atom stereocenters. The first-order valence-electron chi connectivity index (χ1n) is 8.34. The highest BCUT2D eigenvalue weighted by Crippen LogP contribution is 2.31. The number of ether oxygens (including phenoxy) is 2. The van der Waals surface area contributed by atoms with Crippen LogP contribution in [-0.4, -0.2) is 38.8 Å². The molecule has 0 bridgehead atoms. The maximum Gasteiger partial charge on any atom is 0.262 e. The normalized spacial score (nSPS) is 14.2. The first-order valence-corrected chi connectivity index (χ1v) is 9.09. The number of nitrogens with zero attached hydrogens (tertiary/aromatic N) is 1. The molecule has 0 aliphatic carbocycles. The Bertz CT molecular complexity index is 752. The molecule has 1 heterocycles. The molecule has 0 saturated carbocycles. The number of rotatable bonds is 5. The Morgan fingerprint density at radius 1 is 1.19 bits per heavy atom. The van der Waals surface area contributed by atoms with E-state index < -0.39 is 0 Å². The van der Waals surface area contributed by atoms with Gasteiger partial charge in [0.15, 0.2) is 6.61 Å². The van der Waals surface area contributed by atoms with Crippen LogP contribution < -0.4 is 15.0 Å². The molecule has 1 N–H and O–H groups in total. The summed E-state index contributed by atoms with van der Waals surface area (Å²) in [5, 5.41) is 3.74. The lowest BCUT2D eigenvalue weighted by molar-refractivity contribution is -0.118. The van der Waals surface area contributed by atoms with Crippen molar-refractivity contribution < 1.29 is 14.3 Å². The second-order valence-electron chi connectivity index (χ2n) is 6.02. The number of hydrogen-bond acceptors (Lipinski definition) is 4. The predicted octanol–water partition coefficient (Wildman–Crippen LogP) is 4.16. The Kier molecular flexibility index (Phi) is 6.25. The van der Waals surface area contributed by atoms with Crippen molar-refractivity contribution in [3.8, 4) is 5.75 Å². The van der Waals surface area contributed by atoms with Crippen LogP contribution in [0.4, 0.5) is 11.4 Å². The lowest BCUT2D eigenvalue weighted by atomic mass is 10.2. The van der Waals surface area contributed by atoms with Gasteiger partial charge in [-0.2, -0.15) is 0 Å². The van der Waals surface area contributed by atoms with Crippen molar-refractivity contribution in [3.63, 3.8) is 0 Å². The van der Waals surface area contributed by atoms with E-state index in [2.05, 4.69) is 10.2 Å². The van der Waals surface area contributed by atoms with E-state index in [1.165, 1.54) is 0 Å². The van der Waals surface area contributed by atoms with Crippen molar-refractivity contribution >= 4 is 40.5 Å². The molecule has 0 aromatic heterocycles. The lowest BCUT2D eigenvalue weighted by Gasteiger charge is -2.28. The van der Waals surface area contributed by atoms with E-state index in [4.69, 9.17) is 32.7 Å². The average Bonchev–Trinajstić information content (AvgIpc) is 2.62. The Morgan fingerprint density at radius 2 is 1.88 bits per heavy atom. The van der Waals surface area contributed by atoms with Gasteiger partial charge in [0.2, 0.25) is 0 Å². The van der Waals surface area contributed by atoms with Gasteiger partial charge in [-0.3, -0.25) is 4.79 Å². The highest BCUT2D eigenvalue weighted by Gasteiger charge is 2.12. The first-order chi connectivity index (χ1) is 12.5. The van der Waals surface area contributed by atoms with Crippen LogP contribution in [0.5, 0.6) is 5.75 Å². The smallest absolute Gasteiger partial charge is 0.262 e. The summed E-state index contributed by atoms with van der Waals surface area (Å²) in [5.74, 6) is 0.212. The molecule has 7 heteroatoms. The second kappa shape index (κ2) is 8.62. The first kappa shape index (κ1) is 18.8. The fourth-order valence-electron chi connectivity index (χ4n) is 2.78. The highest BCUT2D eigenvalue weighted by atomic mass is 35.5. The molecule has 1 aliphatic heterocycles. The molecule has 1 fully saturated rings. The van der Waals surface area contributed by atoms with Crippen LogP contribution in [0.3, 0.4) is 0 Å². The number of halogens is 2. The number of anilines is 2. The fraction of sp³-hybridized carbons (Fsp3) is 0.316. The molecule has 2 aromatic carbocycles. The summed E-state index contributed by atoms with van der Waals surface area (Å²) in [5.41, 5.74) is 2.62. The standard InChI is InChI=1S/C19H20Cl2N2O3/c1-13-10-14(20)11-17(21)19(13)26-12-18(24)22-15-2-4-16(5-3-15)23-6-8-25-9-7-23/h2-5,10-11H,6-9,12H2,1H3,(H,22,24). The zero-order valence-electron chi connectivity index (χ0n) is 14.4. The number of amides is 1. The fourth-order valence-corrected chi connectivity index (χ4v) is 3.43. The highest BCUT2D eigenvalue weighted by molar-refractivity contribution is 6.35. The lowest BCUT2D eigenvalue weighted by Crippen LogP contribution is -2.36. The molecule has 5 nitrogen and oxygen atoms in total. The largest absolute Gasteiger partial charge is 0.482 e. The SMILES string of the molecule is Cc1cc(Cl)cc(Cl)c1OCC(=O)Nc1ccc(N2CCOCC2)cc1. The Hall–Kier alpha value is -1.95. The zero-order chi connectivity index (χ0) is 18.5. The van der Waals surface area contributed by atoms with Crippen LogP contribution in [0.25, 0.3) is 0 Å². The summed E-state index contributed by atoms with van der Waals surface area (Å²) in [6, 6.07) is 11.1. The van der Waals surface area contributed by atoms with Crippen molar-refractivity contribution in [2.75, 3.05) is 43.1 Å². The van der Waals surface area contributed by atoms with Crippen molar-refractivity contribution in [2.24, 2.45) is 0 Å². The summed E-state index contributed by atoms with van der Waals surface area (Å²) in [6.45, 7) is 4.93. The van der Waals surface area contributed by atoms with E-state index in [9.17, 15) is 4.79 Å².